The summed E-state index contributed by atoms with van der Waals surface area (Å²) in [4.78, 5) is 0. The fourth-order valence-corrected chi connectivity index (χ4v) is 2.29. The largest absolute Gasteiger partial charge is 0.494 e. The van der Waals surface area contributed by atoms with Gasteiger partial charge in [0, 0.05) is 24.9 Å². The molecule has 0 aromatic heterocycles. The number of rotatable bonds is 7. The monoisotopic (exact) mass is 249 g/mol. The molecular weight excluding hydrogens is 226 g/mol. The van der Waals surface area contributed by atoms with Crippen LogP contribution in [0.25, 0.3) is 0 Å². The van der Waals surface area contributed by atoms with E-state index in [0.717, 1.165) is 44.6 Å². The number of hydrogen-bond acceptors (Lipinski definition) is 3. The van der Waals surface area contributed by atoms with Gasteiger partial charge in [-0.3, -0.25) is 0 Å². The van der Waals surface area contributed by atoms with Crippen LogP contribution in [0.3, 0.4) is 0 Å². The second-order valence-electron chi connectivity index (χ2n) is 4.84. The molecule has 0 unspecified atom stereocenters. The number of anilines is 1. The highest BCUT2D eigenvalue weighted by Gasteiger charge is 2.08. The zero-order valence-corrected chi connectivity index (χ0v) is 11.0. The summed E-state index contributed by atoms with van der Waals surface area (Å²) in [6.07, 6.45) is 6.57. The van der Waals surface area contributed by atoms with E-state index >= 15 is 0 Å². The maximum absolute atomic E-state index is 8.68. The molecule has 0 bridgehead atoms. The molecule has 0 saturated heterocycles. The minimum Gasteiger partial charge on any atom is -0.494 e. The number of hydrogen-bond donors (Lipinski definition) is 2. The van der Waals surface area contributed by atoms with Crippen molar-refractivity contribution >= 4 is 5.69 Å². The smallest absolute Gasteiger partial charge is 0.121 e. The Kier molecular flexibility index (Phi) is 5.34. The molecule has 0 aliphatic carbocycles. The van der Waals surface area contributed by atoms with Crippen LogP contribution >= 0.6 is 0 Å². The Hall–Kier alpha value is -1.22. The highest BCUT2D eigenvalue weighted by Crippen LogP contribution is 2.26. The van der Waals surface area contributed by atoms with Crippen LogP contribution in [0.2, 0.25) is 0 Å². The Bertz CT molecular complexity index is 366. The second kappa shape index (κ2) is 7.27. The van der Waals surface area contributed by atoms with Crippen LogP contribution in [0, 0.1) is 0 Å². The Labute approximate surface area is 109 Å². The van der Waals surface area contributed by atoms with E-state index in [0.29, 0.717) is 6.61 Å². The average Bonchev–Trinajstić information content (AvgIpc) is 2.42. The van der Waals surface area contributed by atoms with E-state index in [2.05, 4.69) is 23.5 Å². The molecule has 0 atom stereocenters. The van der Waals surface area contributed by atoms with E-state index in [-0.39, 0.29) is 0 Å². The SMILES string of the molecule is OCCCCCCOc1ccc2c(c1)NCCC2. The molecule has 0 spiro atoms. The van der Waals surface area contributed by atoms with Gasteiger partial charge in [-0.2, -0.15) is 0 Å². The summed E-state index contributed by atoms with van der Waals surface area (Å²) in [6, 6.07) is 6.35. The summed E-state index contributed by atoms with van der Waals surface area (Å²) < 4.78 is 5.75. The van der Waals surface area contributed by atoms with Crippen molar-refractivity contribution in [3.63, 3.8) is 0 Å². The lowest BCUT2D eigenvalue weighted by atomic mass is 10.0. The first kappa shape index (κ1) is 13.2. The number of benzene rings is 1. The van der Waals surface area contributed by atoms with E-state index in [1.807, 2.05) is 0 Å². The zero-order valence-electron chi connectivity index (χ0n) is 11.0. The third-order valence-corrected chi connectivity index (χ3v) is 3.34. The van der Waals surface area contributed by atoms with Gasteiger partial charge in [-0.15, -0.1) is 0 Å². The quantitative estimate of drug-likeness (QED) is 0.730. The predicted octanol–water partition coefficient (Wildman–Crippen LogP) is 2.98. The van der Waals surface area contributed by atoms with Gasteiger partial charge in [0.1, 0.15) is 5.75 Å². The molecule has 3 nitrogen and oxygen atoms in total. The number of ether oxygens (including phenoxy) is 1. The molecule has 100 valence electrons. The van der Waals surface area contributed by atoms with Crippen LogP contribution in [0.4, 0.5) is 5.69 Å². The zero-order chi connectivity index (χ0) is 12.6. The van der Waals surface area contributed by atoms with Gasteiger partial charge < -0.3 is 15.2 Å². The highest BCUT2D eigenvalue weighted by molar-refractivity contribution is 5.56. The maximum atomic E-state index is 8.68. The van der Waals surface area contributed by atoms with Crippen LogP contribution in [0.5, 0.6) is 5.75 Å². The first-order valence-corrected chi connectivity index (χ1v) is 7.00. The number of aliphatic hydroxyl groups is 1. The van der Waals surface area contributed by atoms with Gasteiger partial charge >= 0.3 is 0 Å². The lowest BCUT2D eigenvalue weighted by Crippen LogP contribution is -2.11. The van der Waals surface area contributed by atoms with Crippen LogP contribution in [0.1, 0.15) is 37.7 Å². The third kappa shape index (κ3) is 3.91. The van der Waals surface area contributed by atoms with Gasteiger partial charge in [0.15, 0.2) is 0 Å². The summed E-state index contributed by atoms with van der Waals surface area (Å²) in [7, 11) is 0. The molecule has 1 aromatic carbocycles. The minimum atomic E-state index is 0.303. The van der Waals surface area contributed by atoms with Crippen molar-refractivity contribution in [2.24, 2.45) is 0 Å². The molecule has 2 N–H and O–H groups in total. The van der Waals surface area contributed by atoms with Crippen molar-refractivity contribution in [3.05, 3.63) is 23.8 Å². The summed E-state index contributed by atoms with van der Waals surface area (Å²) >= 11 is 0. The molecular formula is C15H23NO2. The molecule has 1 aliphatic rings. The van der Waals surface area contributed by atoms with Gasteiger partial charge in [-0.1, -0.05) is 12.5 Å². The van der Waals surface area contributed by atoms with E-state index in [9.17, 15) is 0 Å². The molecule has 1 aliphatic heterocycles. The minimum absolute atomic E-state index is 0.303. The fraction of sp³-hybridized carbons (Fsp3) is 0.600. The molecule has 1 aromatic rings. The molecule has 3 heteroatoms. The molecule has 2 rings (SSSR count). The molecule has 1 heterocycles. The standard InChI is InChI=1S/C15H23NO2/c17-10-3-1-2-4-11-18-14-8-7-13-6-5-9-16-15(13)12-14/h7-8,12,16-17H,1-6,9-11H2. The Balaban J connectivity index is 1.72. The second-order valence-corrected chi connectivity index (χ2v) is 4.84. The maximum Gasteiger partial charge on any atom is 0.121 e. The van der Waals surface area contributed by atoms with Gasteiger partial charge in [0.25, 0.3) is 0 Å². The van der Waals surface area contributed by atoms with Crippen molar-refractivity contribution in [2.45, 2.75) is 38.5 Å². The summed E-state index contributed by atoms with van der Waals surface area (Å²) in [5.41, 5.74) is 2.63. The van der Waals surface area contributed by atoms with E-state index in [1.54, 1.807) is 0 Å². The summed E-state index contributed by atoms with van der Waals surface area (Å²) in [5.74, 6) is 0.963. The normalized spacial score (nSPS) is 13.8. The number of fused-ring (bicyclic) bond motifs is 1. The fourth-order valence-electron chi connectivity index (χ4n) is 2.29. The Morgan fingerprint density at radius 1 is 1.17 bits per heavy atom. The number of aryl methyl sites for hydroxylation is 1. The molecule has 0 radical (unpaired) electrons. The Morgan fingerprint density at radius 3 is 2.94 bits per heavy atom. The van der Waals surface area contributed by atoms with E-state index in [4.69, 9.17) is 9.84 Å². The number of aliphatic hydroxyl groups excluding tert-OH is 1. The summed E-state index contributed by atoms with van der Waals surface area (Å²) in [6.45, 7) is 2.14. The van der Waals surface area contributed by atoms with Crippen molar-refractivity contribution in [2.75, 3.05) is 25.1 Å². The third-order valence-electron chi connectivity index (χ3n) is 3.34. The Morgan fingerprint density at radius 2 is 2.06 bits per heavy atom. The highest BCUT2D eigenvalue weighted by atomic mass is 16.5. The lowest BCUT2D eigenvalue weighted by Gasteiger charge is -2.18. The topological polar surface area (TPSA) is 41.5 Å². The van der Waals surface area contributed by atoms with Crippen molar-refractivity contribution < 1.29 is 9.84 Å². The first-order chi connectivity index (χ1) is 8.90. The average molecular weight is 249 g/mol. The van der Waals surface area contributed by atoms with Crippen molar-refractivity contribution in [1.29, 1.82) is 0 Å². The molecule has 0 fully saturated rings. The number of unbranched alkanes of at least 4 members (excludes halogenated alkanes) is 3. The van der Waals surface area contributed by atoms with Crippen molar-refractivity contribution in [3.8, 4) is 5.75 Å². The molecule has 0 amide bonds. The molecule has 18 heavy (non-hydrogen) atoms. The van der Waals surface area contributed by atoms with Crippen LogP contribution in [-0.4, -0.2) is 24.9 Å². The first-order valence-electron chi connectivity index (χ1n) is 7.00. The molecule has 0 saturated carbocycles. The van der Waals surface area contributed by atoms with E-state index in [1.165, 1.54) is 24.1 Å². The van der Waals surface area contributed by atoms with Crippen molar-refractivity contribution in [1.82, 2.24) is 0 Å². The van der Waals surface area contributed by atoms with Crippen LogP contribution in [-0.2, 0) is 6.42 Å². The number of nitrogens with one attached hydrogen (secondary N) is 1. The summed E-state index contributed by atoms with van der Waals surface area (Å²) in [5, 5.41) is 12.1. The van der Waals surface area contributed by atoms with Gasteiger partial charge in [-0.05, 0) is 43.7 Å². The van der Waals surface area contributed by atoms with E-state index < -0.39 is 0 Å². The lowest BCUT2D eigenvalue weighted by molar-refractivity contribution is 0.273. The van der Waals surface area contributed by atoms with Crippen LogP contribution < -0.4 is 10.1 Å². The van der Waals surface area contributed by atoms with Gasteiger partial charge in [0.05, 0.1) is 6.61 Å². The van der Waals surface area contributed by atoms with Crippen LogP contribution in [0.15, 0.2) is 18.2 Å². The van der Waals surface area contributed by atoms with Gasteiger partial charge in [-0.25, -0.2) is 0 Å². The van der Waals surface area contributed by atoms with Gasteiger partial charge in [0.2, 0.25) is 0 Å². The predicted molar refractivity (Wildman–Crippen MR) is 74.3 cm³/mol.